The van der Waals surface area contributed by atoms with Crippen molar-refractivity contribution in [1.29, 1.82) is 0 Å². The lowest BCUT2D eigenvalue weighted by Gasteiger charge is -2.12. The van der Waals surface area contributed by atoms with Crippen LogP contribution < -0.4 is 20.5 Å². The van der Waals surface area contributed by atoms with Crippen molar-refractivity contribution in [1.82, 2.24) is 10.3 Å². The Morgan fingerprint density at radius 1 is 1.00 bits per heavy atom. The summed E-state index contributed by atoms with van der Waals surface area (Å²) in [6.07, 6.45) is 0. The number of rotatable bonds is 4. The molecule has 0 aliphatic heterocycles. The number of nitrogens with zero attached hydrogens (tertiary/aromatic N) is 2. The number of methoxy groups -OCH3 is 2. The molecule has 21 heavy (non-hydrogen) atoms. The third-order valence-corrected chi connectivity index (χ3v) is 3.12. The summed E-state index contributed by atoms with van der Waals surface area (Å²) in [7, 11) is 3.20. The SMILES string of the molecule is COc1ccc(Nc2ccc(N)c3nonc23)c(OC)c1. The highest BCUT2D eigenvalue weighted by Gasteiger charge is 2.12. The lowest BCUT2D eigenvalue weighted by molar-refractivity contribution is 0.316. The Morgan fingerprint density at radius 2 is 1.76 bits per heavy atom. The second kappa shape index (κ2) is 5.20. The third kappa shape index (κ3) is 2.29. The second-order valence-electron chi connectivity index (χ2n) is 4.36. The van der Waals surface area contributed by atoms with Crippen LogP contribution in [0.3, 0.4) is 0 Å². The molecule has 0 saturated carbocycles. The zero-order valence-corrected chi connectivity index (χ0v) is 11.6. The Balaban J connectivity index is 2.02. The van der Waals surface area contributed by atoms with Crippen molar-refractivity contribution >= 4 is 28.1 Å². The van der Waals surface area contributed by atoms with Gasteiger partial charge in [0.15, 0.2) is 11.0 Å². The Bertz CT molecular complexity index is 785. The van der Waals surface area contributed by atoms with Crippen molar-refractivity contribution in [3.63, 3.8) is 0 Å². The lowest BCUT2D eigenvalue weighted by Crippen LogP contribution is -1.97. The lowest BCUT2D eigenvalue weighted by atomic mass is 10.2. The summed E-state index contributed by atoms with van der Waals surface area (Å²) in [6, 6.07) is 9.03. The molecule has 0 aliphatic carbocycles. The van der Waals surface area contributed by atoms with E-state index in [2.05, 4.69) is 15.6 Å². The number of benzene rings is 2. The average molecular weight is 286 g/mol. The first-order valence-electron chi connectivity index (χ1n) is 6.22. The van der Waals surface area contributed by atoms with Gasteiger partial charge < -0.3 is 20.5 Å². The van der Waals surface area contributed by atoms with Gasteiger partial charge in [0.05, 0.1) is 31.3 Å². The van der Waals surface area contributed by atoms with Crippen molar-refractivity contribution in [2.75, 3.05) is 25.3 Å². The van der Waals surface area contributed by atoms with E-state index in [1.165, 1.54) is 0 Å². The molecule has 0 unspecified atom stereocenters. The molecule has 1 heterocycles. The van der Waals surface area contributed by atoms with Crippen LogP contribution in [-0.2, 0) is 0 Å². The van der Waals surface area contributed by atoms with Crippen molar-refractivity contribution in [3.05, 3.63) is 30.3 Å². The summed E-state index contributed by atoms with van der Waals surface area (Å²) < 4.78 is 15.3. The monoisotopic (exact) mass is 286 g/mol. The van der Waals surface area contributed by atoms with Crippen molar-refractivity contribution in [3.8, 4) is 11.5 Å². The van der Waals surface area contributed by atoms with Crippen LogP contribution >= 0.6 is 0 Å². The molecule has 0 radical (unpaired) electrons. The number of nitrogens with two attached hydrogens (primary N) is 1. The predicted molar refractivity (Wildman–Crippen MR) is 79.0 cm³/mol. The van der Waals surface area contributed by atoms with Crippen LogP contribution in [0.2, 0.25) is 0 Å². The standard InChI is InChI=1S/C14H14N4O3/c1-19-8-3-5-10(12(7-8)20-2)16-11-6-4-9(15)13-14(11)18-21-17-13/h3-7,16H,15H2,1-2H3. The predicted octanol–water partition coefficient (Wildman–Crippen LogP) is 2.57. The van der Waals surface area contributed by atoms with Gasteiger partial charge in [-0.05, 0) is 34.6 Å². The Kier molecular flexibility index (Phi) is 3.23. The van der Waals surface area contributed by atoms with Crippen molar-refractivity contribution in [2.24, 2.45) is 0 Å². The van der Waals surface area contributed by atoms with Crippen LogP contribution in [0.25, 0.3) is 11.0 Å². The highest BCUT2D eigenvalue weighted by molar-refractivity contribution is 5.96. The summed E-state index contributed by atoms with van der Waals surface area (Å²) in [6.45, 7) is 0. The quantitative estimate of drug-likeness (QED) is 0.711. The van der Waals surface area contributed by atoms with Crippen LogP contribution in [0.5, 0.6) is 11.5 Å². The van der Waals surface area contributed by atoms with Gasteiger partial charge in [0.25, 0.3) is 0 Å². The van der Waals surface area contributed by atoms with Crippen LogP contribution in [0.1, 0.15) is 0 Å². The Hall–Kier alpha value is -2.96. The molecular weight excluding hydrogens is 272 g/mol. The largest absolute Gasteiger partial charge is 0.497 e. The summed E-state index contributed by atoms with van der Waals surface area (Å²) in [4.78, 5) is 0. The van der Waals surface area contributed by atoms with Crippen LogP contribution in [0.4, 0.5) is 17.1 Å². The molecule has 0 saturated heterocycles. The smallest absolute Gasteiger partial charge is 0.160 e. The second-order valence-corrected chi connectivity index (χ2v) is 4.36. The maximum atomic E-state index is 5.83. The average Bonchev–Trinajstić information content (AvgIpc) is 3.01. The zero-order chi connectivity index (χ0) is 14.8. The van der Waals surface area contributed by atoms with Crippen LogP contribution in [0, 0.1) is 0 Å². The molecule has 0 bridgehead atoms. The summed E-state index contributed by atoms with van der Waals surface area (Å²) >= 11 is 0. The van der Waals surface area contributed by atoms with Gasteiger partial charge >= 0.3 is 0 Å². The van der Waals surface area contributed by atoms with Gasteiger partial charge in [-0.25, -0.2) is 4.63 Å². The van der Waals surface area contributed by atoms with E-state index in [0.29, 0.717) is 28.2 Å². The van der Waals surface area contributed by atoms with E-state index in [4.69, 9.17) is 19.8 Å². The minimum Gasteiger partial charge on any atom is -0.497 e. The van der Waals surface area contributed by atoms with Gasteiger partial charge in [-0.2, -0.15) is 0 Å². The van der Waals surface area contributed by atoms with Gasteiger partial charge in [0, 0.05) is 6.07 Å². The van der Waals surface area contributed by atoms with Gasteiger partial charge in [0.2, 0.25) is 0 Å². The number of hydrogen-bond donors (Lipinski definition) is 2. The first-order valence-corrected chi connectivity index (χ1v) is 6.22. The fourth-order valence-corrected chi connectivity index (χ4v) is 2.03. The molecule has 0 amide bonds. The highest BCUT2D eigenvalue weighted by Crippen LogP contribution is 2.34. The van der Waals surface area contributed by atoms with Crippen molar-refractivity contribution < 1.29 is 14.1 Å². The minimum absolute atomic E-state index is 0.512. The summed E-state index contributed by atoms with van der Waals surface area (Å²) in [5.41, 5.74) is 8.92. The molecule has 0 fully saturated rings. The minimum atomic E-state index is 0.512. The molecule has 0 atom stereocenters. The normalized spacial score (nSPS) is 10.6. The molecule has 0 spiro atoms. The summed E-state index contributed by atoms with van der Waals surface area (Å²) in [5.74, 6) is 1.36. The maximum absolute atomic E-state index is 5.83. The number of anilines is 3. The number of nitrogens with one attached hydrogen (secondary N) is 1. The van der Waals surface area contributed by atoms with E-state index in [1.54, 1.807) is 26.4 Å². The molecule has 3 rings (SSSR count). The van der Waals surface area contributed by atoms with E-state index >= 15 is 0 Å². The molecule has 0 aliphatic rings. The number of nitrogen functional groups attached to an aromatic ring is 1. The van der Waals surface area contributed by atoms with Gasteiger partial charge in [-0.15, -0.1) is 0 Å². The van der Waals surface area contributed by atoms with Crippen LogP contribution in [0.15, 0.2) is 35.0 Å². The van der Waals surface area contributed by atoms with Gasteiger partial charge in [-0.3, -0.25) is 0 Å². The Labute approximate surface area is 120 Å². The molecule has 3 N–H and O–H groups in total. The molecule has 2 aromatic carbocycles. The molecule has 3 aromatic rings. The maximum Gasteiger partial charge on any atom is 0.160 e. The highest BCUT2D eigenvalue weighted by atomic mass is 16.6. The number of hydrogen-bond acceptors (Lipinski definition) is 7. The number of aromatic nitrogens is 2. The molecule has 1 aromatic heterocycles. The number of ether oxygens (including phenoxy) is 2. The Morgan fingerprint density at radius 3 is 2.52 bits per heavy atom. The number of fused-ring (bicyclic) bond motifs is 1. The topological polar surface area (TPSA) is 95.4 Å². The van der Waals surface area contributed by atoms with Crippen LogP contribution in [-0.4, -0.2) is 24.5 Å². The van der Waals surface area contributed by atoms with E-state index < -0.39 is 0 Å². The van der Waals surface area contributed by atoms with Gasteiger partial charge in [0.1, 0.15) is 11.5 Å². The van der Waals surface area contributed by atoms with E-state index in [-0.39, 0.29) is 0 Å². The third-order valence-electron chi connectivity index (χ3n) is 3.12. The fraction of sp³-hybridized carbons (Fsp3) is 0.143. The molecule has 7 heteroatoms. The van der Waals surface area contributed by atoms with Gasteiger partial charge in [-0.1, -0.05) is 0 Å². The molecular formula is C14H14N4O3. The molecule has 108 valence electrons. The zero-order valence-electron chi connectivity index (χ0n) is 11.6. The summed E-state index contributed by atoms with van der Waals surface area (Å²) in [5, 5.41) is 10.9. The molecule has 7 nitrogen and oxygen atoms in total. The first-order chi connectivity index (χ1) is 10.2. The fourth-order valence-electron chi connectivity index (χ4n) is 2.03. The van der Waals surface area contributed by atoms with E-state index in [0.717, 1.165) is 11.4 Å². The van der Waals surface area contributed by atoms with E-state index in [1.807, 2.05) is 18.2 Å². The van der Waals surface area contributed by atoms with E-state index in [9.17, 15) is 0 Å². The first kappa shape index (κ1) is 13.0. The van der Waals surface area contributed by atoms with Crippen molar-refractivity contribution in [2.45, 2.75) is 0 Å².